The second kappa shape index (κ2) is 10.8. The van der Waals surface area contributed by atoms with Gasteiger partial charge in [-0.2, -0.15) is 5.26 Å². The number of carbonyl (C=O) groups excluding carboxylic acids is 1. The van der Waals surface area contributed by atoms with Gasteiger partial charge < -0.3 is 19.1 Å². The van der Waals surface area contributed by atoms with Crippen molar-refractivity contribution in [3.8, 4) is 28.8 Å². The summed E-state index contributed by atoms with van der Waals surface area (Å²) in [6, 6.07) is 15.2. The van der Waals surface area contributed by atoms with Crippen molar-refractivity contribution < 1.29 is 19.0 Å². The lowest BCUT2D eigenvalue weighted by atomic mass is 10.0. The van der Waals surface area contributed by atoms with Gasteiger partial charge >= 0.3 is 0 Å². The number of likely N-dealkylation sites (tertiary alicyclic amines) is 1. The number of benzene rings is 2. The highest BCUT2D eigenvalue weighted by Crippen LogP contribution is 2.28. The molecule has 5 rings (SSSR count). The first kappa shape index (κ1) is 23.8. The van der Waals surface area contributed by atoms with Gasteiger partial charge in [0, 0.05) is 44.1 Å². The number of nitriles is 1. The van der Waals surface area contributed by atoms with Crippen molar-refractivity contribution in [2.24, 2.45) is 0 Å². The smallest absolute Gasteiger partial charge is 0.257 e. The van der Waals surface area contributed by atoms with Gasteiger partial charge in [0.05, 0.1) is 37.1 Å². The topological polar surface area (TPSA) is 97.6 Å². The van der Waals surface area contributed by atoms with Gasteiger partial charge in [0.15, 0.2) is 0 Å². The highest BCUT2D eigenvalue weighted by molar-refractivity contribution is 5.97. The third-order valence-corrected chi connectivity index (χ3v) is 6.57. The zero-order valence-corrected chi connectivity index (χ0v) is 20.3. The Morgan fingerprint density at radius 1 is 1.14 bits per heavy atom. The third-order valence-electron chi connectivity index (χ3n) is 6.57. The zero-order chi connectivity index (χ0) is 24.9. The first-order chi connectivity index (χ1) is 17.6. The van der Waals surface area contributed by atoms with E-state index in [9.17, 15) is 10.1 Å². The first-order valence-corrected chi connectivity index (χ1v) is 12.2. The summed E-state index contributed by atoms with van der Waals surface area (Å²) >= 11 is 0. The lowest BCUT2D eigenvalue weighted by Crippen LogP contribution is -2.42. The largest absolute Gasteiger partial charge is 0.496 e. The van der Waals surface area contributed by atoms with E-state index in [1.54, 1.807) is 19.4 Å². The fourth-order valence-electron chi connectivity index (χ4n) is 4.39. The Kier molecular flexibility index (Phi) is 7.10. The SMILES string of the molecule is COc1cc(Cc2nccc(-c3ccc(OC4CCOCC4)c(C#N)c3)n2)ccc1C(=O)N1CCC1. The molecule has 3 heterocycles. The van der Waals surface area contributed by atoms with Gasteiger partial charge in [0.1, 0.15) is 29.5 Å². The van der Waals surface area contributed by atoms with E-state index in [1.807, 2.05) is 41.3 Å². The van der Waals surface area contributed by atoms with Gasteiger partial charge in [-0.05, 0) is 48.4 Å². The molecule has 0 N–H and O–H groups in total. The molecule has 0 saturated carbocycles. The Morgan fingerprint density at radius 3 is 2.69 bits per heavy atom. The quantitative estimate of drug-likeness (QED) is 0.500. The maximum atomic E-state index is 12.6. The van der Waals surface area contributed by atoms with Crippen molar-refractivity contribution in [1.82, 2.24) is 14.9 Å². The van der Waals surface area contributed by atoms with E-state index in [0.717, 1.165) is 49.2 Å². The molecule has 8 nitrogen and oxygen atoms in total. The van der Waals surface area contributed by atoms with Crippen molar-refractivity contribution in [1.29, 1.82) is 5.26 Å². The highest BCUT2D eigenvalue weighted by atomic mass is 16.5. The van der Waals surface area contributed by atoms with Gasteiger partial charge in [-0.15, -0.1) is 0 Å². The van der Waals surface area contributed by atoms with Gasteiger partial charge in [0.25, 0.3) is 5.91 Å². The summed E-state index contributed by atoms with van der Waals surface area (Å²) in [5, 5.41) is 9.71. The minimum atomic E-state index is 0.000408. The molecule has 8 heteroatoms. The fraction of sp³-hybridized carbons (Fsp3) is 0.357. The number of nitrogens with zero attached hydrogens (tertiary/aromatic N) is 4. The lowest BCUT2D eigenvalue weighted by molar-refractivity contribution is 0.0254. The number of hydrogen-bond donors (Lipinski definition) is 0. The molecule has 0 radical (unpaired) electrons. The van der Waals surface area contributed by atoms with Crippen LogP contribution in [0.3, 0.4) is 0 Å². The Morgan fingerprint density at radius 2 is 1.97 bits per heavy atom. The first-order valence-electron chi connectivity index (χ1n) is 12.2. The minimum absolute atomic E-state index is 0.000408. The van der Waals surface area contributed by atoms with E-state index in [0.29, 0.717) is 48.1 Å². The molecule has 2 fully saturated rings. The van der Waals surface area contributed by atoms with E-state index in [1.165, 1.54) is 0 Å². The third kappa shape index (κ3) is 5.16. The van der Waals surface area contributed by atoms with Crippen molar-refractivity contribution >= 4 is 5.91 Å². The predicted molar refractivity (Wildman–Crippen MR) is 133 cm³/mol. The molecule has 2 saturated heterocycles. The maximum absolute atomic E-state index is 12.6. The summed E-state index contributed by atoms with van der Waals surface area (Å²) < 4.78 is 17.0. The molecule has 1 aromatic heterocycles. The molecule has 0 bridgehead atoms. The molecule has 2 aromatic carbocycles. The molecule has 184 valence electrons. The highest BCUT2D eigenvalue weighted by Gasteiger charge is 2.24. The lowest BCUT2D eigenvalue weighted by Gasteiger charge is -2.31. The monoisotopic (exact) mass is 484 g/mol. The van der Waals surface area contributed by atoms with Crippen LogP contribution >= 0.6 is 0 Å². The molecule has 0 spiro atoms. The van der Waals surface area contributed by atoms with Crippen LogP contribution in [0.4, 0.5) is 0 Å². The van der Waals surface area contributed by atoms with E-state index in [-0.39, 0.29) is 12.0 Å². The average molecular weight is 485 g/mol. The van der Waals surface area contributed by atoms with Crippen molar-refractivity contribution in [3.05, 3.63) is 71.2 Å². The van der Waals surface area contributed by atoms with Gasteiger partial charge in [0.2, 0.25) is 0 Å². The van der Waals surface area contributed by atoms with Crippen LogP contribution in [0.2, 0.25) is 0 Å². The van der Waals surface area contributed by atoms with Crippen LogP contribution in [0.25, 0.3) is 11.3 Å². The number of aromatic nitrogens is 2. The molecule has 1 amide bonds. The Bertz CT molecular complexity index is 1290. The van der Waals surface area contributed by atoms with Crippen molar-refractivity contribution in [2.75, 3.05) is 33.4 Å². The van der Waals surface area contributed by atoms with Crippen molar-refractivity contribution in [3.63, 3.8) is 0 Å². The Hall–Kier alpha value is -3.96. The second-order valence-electron chi connectivity index (χ2n) is 8.97. The van der Waals surface area contributed by atoms with Crippen LogP contribution in [0, 0.1) is 11.3 Å². The maximum Gasteiger partial charge on any atom is 0.257 e. The van der Waals surface area contributed by atoms with Crippen LogP contribution in [-0.4, -0.2) is 60.3 Å². The molecular formula is C28H28N4O4. The molecule has 36 heavy (non-hydrogen) atoms. The van der Waals surface area contributed by atoms with Crippen LogP contribution in [-0.2, 0) is 11.2 Å². The van der Waals surface area contributed by atoms with Crippen LogP contribution in [0.1, 0.15) is 46.6 Å². The number of hydrogen-bond acceptors (Lipinski definition) is 7. The van der Waals surface area contributed by atoms with Crippen LogP contribution < -0.4 is 9.47 Å². The summed E-state index contributed by atoms with van der Waals surface area (Å²) in [4.78, 5) is 23.6. The fourth-order valence-corrected chi connectivity index (χ4v) is 4.39. The number of ether oxygens (including phenoxy) is 3. The molecule has 3 aromatic rings. The normalized spacial score (nSPS) is 15.6. The summed E-state index contributed by atoms with van der Waals surface area (Å²) in [6.45, 7) is 2.94. The zero-order valence-electron chi connectivity index (χ0n) is 20.3. The second-order valence-corrected chi connectivity index (χ2v) is 8.97. The van der Waals surface area contributed by atoms with E-state index in [4.69, 9.17) is 19.2 Å². The summed E-state index contributed by atoms with van der Waals surface area (Å²) in [6.07, 6.45) is 4.95. The summed E-state index contributed by atoms with van der Waals surface area (Å²) in [7, 11) is 1.57. The molecule has 0 aliphatic carbocycles. The van der Waals surface area contributed by atoms with E-state index in [2.05, 4.69) is 11.1 Å². The standard InChI is InChI=1S/C28H28N4O4/c1-34-26-15-19(3-5-23(26)28(33)32-11-2-12-32)16-27-30-10-7-24(31-27)20-4-6-25(21(17-20)18-29)36-22-8-13-35-14-9-22/h3-7,10,15,17,22H,2,8-9,11-14,16H2,1H3. The van der Waals surface area contributed by atoms with Gasteiger partial charge in [-0.3, -0.25) is 4.79 Å². The summed E-state index contributed by atoms with van der Waals surface area (Å²) in [5.41, 5.74) is 3.55. The molecule has 0 atom stereocenters. The molecule has 2 aliphatic heterocycles. The Labute approximate surface area is 210 Å². The van der Waals surface area contributed by atoms with Crippen LogP contribution in [0.15, 0.2) is 48.7 Å². The number of amides is 1. The molecule has 0 unspecified atom stereocenters. The van der Waals surface area contributed by atoms with Crippen molar-refractivity contribution in [2.45, 2.75) is 31.8 Å². The number of rotatable bonds is 7. The predicted octanol–water partition coefficient (Wildman–Crippen LogP) is 4.02. The van der Waals surface area contributed by atoms with Gasteiger partial charge in [-0.25, -0.2) is 9.97 Å². The Balaban J connectivity index is 1.33. The van der Waals surface area contributed by atoms with E-state index < -0.39 is 0 Å². The molecular weight excluding hydrogens is 456 g/mol. The minimum Gasteiger partial charge on any atom is -0.496 e. The summed E-state index contributed by atoms with van der Waals surface area (Å²) in [5.74, 6) is 1.78. The average Bonchev–Trinajstić information content (AvgIpc) is 2.88. The van der Waals surface area contributed by atoms with E-state index >= 15 is 0 Å². The van der Waals surface area contributed by atoms with Gasteiger partial charge in [-0.1, -0.05) is 6.07 Å². The number of methoxy groups -OCH3 is 1. The van der Waals surface area contributed by atoms with Crippen LogP contribution in [0.5, 0.6) is 11.5 Å². The molecule has 2 aliphatic rings. The number of carbonyl (C=O) groups is 1.